The summed E-state index contributed by atoms with van der Waals surface area (Å²) >= 11 is 0. The molecular weight excluding hydrogens is 474 g/mol. The first-order valence-electron chi connectivity index (χ1n) is 11.2. The predicted molar refractivity (Wildman–Crippen MR) is 134 cm³/mol. The number of nitrogens with zero attached hydrogens (tertiary/aromatic N) is 2. The summed E-state index contributed by atoms with van der Waals surface area (Å²) in [6.45, 7) is 0.447. The van der Waals surface area contributed by atoms with E-state index in [1.165, 1.54) is 7.11 Å². The Balaban J connectivity index is 1.55. The summed E-state index contributed by atoms with van der Waals surface area (Å²) in [5.41, 5.74) is 9.22. The second-order valence-corrected chi connectivity index (χ2v) is 8.17. The van der Waals surface area contributed by atoms with Gasteiger partial charge in [-0.25, -0.2) is 4.79 Å². The summed E-state index contributed by atoms with van der Waals surface area (Å²) in [6, 6.07) is 12.4. The molecule has 10 nitrogen and oxygen atoms in total. The number of imide groups is 1. The Morgan fingerprint density at radius 2 is 1.95 bits per heavy atom. The SMILES string of the molecule is COc1ccc2c(c1)C(=O)N(C[C@@H](C#Cc1cncc(-c3ccc(C(N)=O)cc3)c1)NC(=O)NC=O)C2. The van der Waals surface area contributed by atoms with E-state index in [9.17, 15) is 19.2 Å². The van der Waals surface area contributed by atoms with Crippen LogP contribution in [0.2, 0.25) is 0 Å². The standard InChI is InChI=1S/C27H23N5O5/c1-37-23-9-7-20-14-32(26(35)24(20)11-23)15-22(31-27(36)30-16-33)8-2-17-10-21(13-29-12-17)18-3-5-19(6-4-18)25(28)34/h3-7,9-13,16,22H,14-15H2,1H3,(H2,28,34)(H2,30,31,33,36)/t22-/m1/s1. The van der Waals surface area contributed by atoms with Gasteiger partial charge in [-0.3, -0.25) is 24.7 Å². The van der Waals surface area contributed by atoms with E-state index in [1.807, 2.05) is 17.4 Å². The third-order valence-electron chi connectivity index (χ3n) is 5.73. The highest BCUT2D eigenvalue weighted by Crippen LogP contribution is 2.27. The Kier molecular flexibility index (Phi) is 7.45. The molecule has 1 aliphatic heterocycles. The molecule has 186 valence electrons. The predicted octanol–water partition coefficient (Wildman–Crippen LogP) is 1.69. The largest absolute Gasteiger partial charge is 0.497 e. The number of benzene rings is 2. The van der Waals surface area contributed by atoms with Crippen LogP contribution in [0.5, 0.6) is 5.75 Å². The van der Waals surface area contributed by atoms with Crippen LogP contribution in [0.3, 0.4) is 0 Å². The second-order valence-electron chi connectivity index (χ2n) is 8.17. The molecule has 1 aliphatic rings. The lowest BCUT2D eigenvalue weighted by Gasteiger charge is -2.21. The van der Waals surface area contributed by atoms with Gasteiger partial charge in [0, 0.05) is 41.2 Å². The first-order chi connectivity index (χ1) is 17.9. The summed E-state index contributed by atoms with van der Waals surface area (Å²) in [5, 5.41) is 4.63. The van der Waals surface area contributed by atoms with Crippen LogP contribution < -0.4 is 21.1 Å². The van der Waals surface area contributed by atoms with E-state index in [-0.39, 0.29) is 18.9 Å². The van der Waals surface area contributed by atoms with Gasteiger partial charge in [-0.05, 0) is 41.5 Å². The fourth-order valence-electron chi connectivity index (χ4n) is 3.88. The summed E-state index contributed by atoms with van der Waals surface area (Å²) in [4.78, 5) is 52.8. The summed E-state index contributed by atoms with van der Waals surface area (Å²) in [7, 11) is 1.53. The third-order valence-corrected chi connectivity index (χ3v) is 5.73. The van der Waals surface area contributed by atoms with Crippen molar-refractivity contribution in [3.63, 3.8) is 0 Å². The molecule has 0 spiro atoms. The van der Waals surface area contributed by atoms with Crippen molar-refractivity contribution in [2.24, 2.45) is 5.73 Å². The number of pyridine rings is 1. The van der Waals surface area contributed by atoms with E-state index >= 15 is 0 Å². The lowest BCUT2D eigenvalue weighted by molar-refractivity contribution is -0.108. The van der Waals surface area contributed by atoms with Crippen LogP contribution in [0.15, 0.2) is 60.9 Å². The Labute approximate surface area is 212 Å². The van der Waals surface area contributed by atoms with E-state index in [0.717, 1.165) is 16.7 Å². The van der Waals surface area contributed by atoms with Gasteiger partial charge in [0.2, 0.25) is 12.3 Å². The fourth-order valence-corrected chi connectivity index (χ4v) is 3.88. The maximum atomic E-state index is 13.0. The molecular formula is C27H23N5O5. The number of rotatable bonds is 7. The van der Waals surface area contributed by atoms with Gasteiger partial charge < -0.3 is 20.7 Å². The Morgan fingerprint density at radius 3 is 2.65 bits per heavy atom. The first-order valence-corrected chi connectivity index (χ1v) is 11.2. The number of nitrogens with two attached hydrogens (primary N) is 1. The molecule has 0 radical (unpaired) electrons. The van der Waals surface area contributed by atoms with E-state index in [2.05, 4.69) is 22.1 Å². The molecule has 0 saturated carbocycles. The number of primary amides is 1. The van der Waals surface area contributed by atoms with Gasteiger partial charge in [0.1, 0.15) is 11.8 Å². The lowest BCUT2D eigenvalue weighted by atomic mass is 10.0. The molecule has 0 unspecified atom stereocenters. The van der Waals surface area contributed by atoms with Crippen LogP contribution in [0.25, 0.3) is 11.1 Å². The summed E-state index contributed by atoms with van der Waals surface area (Å²) in [5.74, 6) is 5.81. The molecule has 3 aromatic rings. The summed E-state index contributed by atoms with van der Waals surface area (Å²) in [6.07, 6.45) is 3.49. The van der Waals surface area contributed by atoms with Gasteiger partial charge in [0.25, 0.3) is 5.91 Å². The van der Waals surface area contributed by atoms with Crippen molar-refractivity contribution in [1.82, 2.24) is 20.5 Å². The van der Waals surface area contributed by atoms with E-state index in [0.29, 0.717) is 29.0 Å². The van der Waals surface area contributed by atoms with Crippen molar-refractivity contribution in [3.05, 3.63) is 83.2 Å². The van der Waals surface area contributed by atoms with Gasteiger partial charge in [-0.2, -0.15) is 0 Å². The number of hydrogen-bond acceptors (Lipinski definition) is 6. The quantitative estimate of drug-likeness (QED) is 0.335. The minimum absolute atomic E-state index is 0.0941. The number of fused-ring (bicyclic) bond motifs is 1. The topological polar surface area (TPSA) is 144 Å². The van der Waals surface area contributed by atoms with Crippen molar-refractivity contribution in [2.45, 2.75) is 12.6 Å². The first kappa shape index (κ1) is 24.9. The van der Waals surface area contributed by atoms with Gasteiger partial charge in [-0.15, -0.1) is 0 Å². The van der Waals surface area contributed by atoms with Gasteiger partial charge in [0.15, 0.2) is 0 Å². The number of methoxy groups -OCH3 is 1. The highest BCUT2D eigenvalue weighted by atomic mass is 16.5. The van der Waals surface area contributed by atoms with Crippen LogP contribution in [-0.4, -0.2) is 53.8 Å². The lowest BCUT2D eigenvalue weighted by Crippen LogP contribution is -2.46. The molecule has 0 fully saturated rings. The Morgan fingerprint density at radius 1 is 1.16 bits per heavy atom. The van der Waals surface area contributed by atoms with Gasteiger partial charge in [-0.1, -0.05) is 30.0 Å². The third kappa shape index (κ3) is 5.91. The van der Waals surface area contributed by atoms with Crippen LogP contribution in [0.1, 0.15) is 31.8 Å². The minimum Gasteiger partial charge on any atom is -0.497 e. The molecule has 4 N–H and O–H groups in total. The molecule has 2 heterocycles. The maximum Gasteiger partial charge on any atom is 0.322 e. The second kappa shape index (κ2) is 11.0. The van der Waals surface area contributed by atoms with E-state index in [1.54, 1.807) is 53.7 Å². The monoisotopic (exact) mass is 497 g/mol. The van der Waals surface area contributed by atoms with Crippen molar-refractivity contribution >= 4 is 24.3 Å². The number of amides is 5. The maximum absolute atomic E-state index is 13.0. The summed E-state index contributed by atoms with van der Waals surface area (Å²) < 4.78 is 5.21. The molecule has 2 aromatic carbocycles. The number of aromatic nitrogens is 1. The molecule has 37 heavy (non-hydrogen) atoms. The zero-order valence-corrected chi connectivity index (χ0v) is 19.9. The Hall–Kier alpha value is -5.17. The van der Waals surface area contributed by atoms with Crippen molar-refractivity contribution < 1.29 is 23.9 Å². The molecule has 5 amide bonds. The number of hydrogen-bond donors (Lipinski definition) is 3. The molecule has 0 aliphatic carbocycles. The number of ether oxygens (including phenoxy) is 1. The average molecular weight is 498 g/mol. The van der Waals surface area contributed by atoms with Gasteiger partial charge in [0.05, 0.1) is 13.7 Å². The molecule has 1 aromatic heterocycles. The van der Waals surface area contributed by atoms with Crippen LogP contribution in [-0.2, 0) is 11.3 Å². The van der Waals surface area contributed by atoms with Crippen LogP contribution >= 0.6 is 0 Å². The number of carbonyl (C=O) groups excluding carboxylic acids is 4. The normalized spacial score (nSPS) is 12.6. The van der Waals surface area contributed by atoms with Crippen LogP contribution in [0.4, 0.5) is 4.79 Å². The van der Waals surface area contributed by atoms with E-state index in [4.69, 9.17) is 10.5 Å². The van der Waals surface area contributed by atoms with Crippen molar-refractivity contribution in [3.8, 4) is 28.7 Å². The molecule has 4 rings (SSSR count). The average Bonchev–Trinajstić information content (AvgIpc) is 3.21. The smallest absolute Gasteiger partial charge is 0.322 e. The zero-order valence-electron chi connectivity index (χ0n) is 19.9. The number of urea groups is 1. The van der Waals surface area contributed by atoms with Crippen LogP contribution in [0, 0.1) is 11.8 Å². The van der Waals surface area contributed by atoms with Crippen molar-refractivity contribution in [2.75, 3.05) is 13.7 Å². The van der Waals surface area contributed by atoms with Crippen molar-refractivity contribution in [1.29, 1.82) is 0 Å². The highest BCUT2D eigenvalue weighted by Gasteiger charge is 2.29. The highest BCUT2D eigenvalue weighted by molar-refractivity contribution is 5.99. The Bertz CT molecular complexity index is 1430. The molecule has 0 bridgehead atoms. The number of nitrogens with one attached hydrogen (secondary N) is 2. The fraction of sp³-hybridized carbons (Fsp3) is 0.148. The number of carbonyl (C=O) groups is 4. The van der Waals surface area contributed by atoms with Gasteiger partial charge >= 0.3 is 6.03 Å². The minimum atomic E-state index is -0.779. The molecule has 0 saturated heterocycles. The molecule has 1 atom stereocenters. The molecule has 10 heteroatoms. The van der Waals surface area contributed by atoms with E-state index < -0.39 is 18.0 Å². The zero-order chi connectivity index (χ0) is 26.4.